The molecule has 0 aliphatic heterocycles. The Morgan fingerprint density at radius 1 is 0.958 bits per heavy atom. The summed E-state index contributed by atoms with van der Waals surface area (Å²) in [4.78, 5) is -0.169. The van der Waals surface area contributed by atoms with Crippen LogP contribution in [0.1, 0.15) is 5.56 Å². The van der Waals surface area contributed by atoms with Gasteiger partial charge in [0, 0.05) is 11.8 Å². The fourth-order valence-corrected chi connectivity index (χ4v) is 3.02. The second-order valence-corrected chi connectivity index (χ2v) is 6.38. The van der Waals surface area contributed by atoms with Crippen molar-refractivity contribution in [3.8, 4) is 11.5 Å². The summed E-state index contributed by atoms with van der Waals surface area (Å²) >= 11 is 0. The number of rotatable bonds is 5. The van der Waals surface area contributed by atoms with Crippen LogP contribution in [0.4, 0.5) is 18.9 Å². The molecule has 0 unspecified atom stereocenters. The van der Waals surface area contributed by atoms with Crippen molar-refractivity contribution in [2.24, 2.45) is 0 Å². The van der Waals surface area contributed by atoms with E-state index in [1.54, 1.807) is 0 Å². The summed E-state index contributed by atoms with van der Waals surface area (Å²) in [6.45, 7) is 0. The quantitative estimate of drug-likeness (QED) is 0.885. The first-order valence-corrected chi connectivity index (χ1v) is 8.08. The minimum Gasteiger partial charge on any atom is -0.493 e. The predicted octanol–water partition coefficient (Wildman–Crippen LogP) is 3.52. The maximum atomic E-state index is 12.7. The molecule has 0 saturated heterocycles. The Morgan fingerprint density at radius 3 is 2.21 bits per heavy atom. The Kier molecular flexibility index (Phi) is 4.93. The summed E-state index contributed by atoms with van der Waals surface area (Å²) in [5.41, 5.74) is -1.14. The van der Waals surface area contributed by atoms with E-state index in [9.17, 15) is 21.6 Å². The Balaban J connectivity index is 2.35. The van der Waals surface area contributed by atoms with Gasteiger partial charge in [-0.3, -0.25) is 4.72 Å². The normalized spacial score (nSPS) is 11.9. The summed E-state index contributed by atoms with van der Waals surface area (Å²) in [7, 11) is -1.35. The van der Waals surface area contributed by atoms with Crippen LogP contribution in [-0.2, 0) is 16.2 Å². The molecule has 0 bridgehead atoms. The fourth-order valence-electron chi connectivity index (χ4n) is 1.96. The van der Waals surface area contributed by atoms with Gasteiger partial charge in [0.15, 0.2) is 11.5 Å². The molecular formula is C15H14F3NO4S. The molecule has 0 amide bonds. The lowest BCUT2D eigenvalue weighted by atomic mass is 10.2. The number of alkyl halides is 3. The highest BCUT2D eigenvalue weighted by atomic mass is 32.2. The molecule has 0 aliphatic carbocycles. The number of benzene rings is 2. The molecule has 24 heavy (non-hydrogen) atoms. The summed E-state index contributed by atoms with van der Waals surface area (Å²) in [6.07, 6.45) is -4.56. The van der Waals surface area contributed by atoms with Crippen LogP contribution < -0.4 is 14.2 Å². The largest absolute Gasteiger partial charge is 0.493 e. The first kappa shape index (κ1) is 17.9. The van der Waals surface area contributed by atoms with Gasteiger partial charge in [-0.2, -0.15) is 13.2 Å². The molecule has 9 heteroatoms. The monoisotopic (exact) mass is 361 g/mol. The summed E-state index contributed by atoms with van der Waals surface area (Å²) in [5.74, 6) is 0.514. The third-order valence-corrected chi connectivity index (χ3v) is 4.49. The van der Waals surface area contributed by atoms with Gasteiger partial charge in [-0.25, -0.2) is 8.42 Å². The molecule has 0 atom stereocenters. The third kappa shape index (κ3) is 3.91. The number of anilines is 1. The van der Waals surface area contributed by atoms with Crippen molar-refractivity contribution in [3.63, 3.8) is 0 Å². The summed E-state index contributed by atoms with van der Waals surface area (Å²) in [5, 5.41) is 0. The van der Waals surface area contributed by atoms with Gasteiger partial charge in [0.05, 0.1) is 24.7 Å². The molecule has 0 spiro atoms. The number of hydrogen-bond acceptors (Lipinski definition) is 4. The van der Waals surface area contributed by atoms with E-state index in [0.717, 1.165) is 18.2 Å². The van der Waals surface area contributed by atoms with Gasteiger partial charge in [0.1, 0.15) is 0 Å². The molecule has 0 radical (unpaired) electrons. The lowest BCUT2D eigenvalue weighted by Gasteiger charge is -2.13. The van der Waals surface area contributed by atoms with Crippen LogP contribution in [0.2, 0.25) is 0 Å². The van der Waals surface area contributed by atoms with Gasteiger partial charge in [-0.15, -0.1) is 0 Å². The molecular weight excluding hydrogens is 347 g/mol. The second-order valence-electron chi connectivity index (χ2n) is 4.70. The number of halogens is 3. The lowest BCUT2D eigenvalue weighted by molar-refractivity contribution is -0.137. The van der Waals surface area contributed by atoms with Crippen molar-refractivity contribution in [2.75, 3.05) is 18.9 Å². The molecule has 2 rings (SSSR count). The van der Waals surface area contributed by atoms with E-state index < -0.39 is 21.8 Å². The Bertz CT molecular complexity index is 835. The second kappa shape index (κ2) is 6.60. The Hall–Kier alpha value is -2.42. The van der Waals surface area contributed by atoms with Crippen LogP contribution in [0.25, 0.3) is 0 Å². The molecule has 0 aliphatic rings. The van der Waals surface area contributed by atoms with Gasteiger partial charge in [0.2, 0.25) is 0 Å². The Labute approximate surface area is 137 Å². The van der Waals surface area contributed by atoms with E-state index in [-0.39, 0.29) is 16.3 Å². The third-order valence-electron chi connectivity index (χ3n) is 3.11. The number of sulfonamides is 1. The zero-order valence-corrected chi connectivity index (χ0v) is 13.5. The molecule has 1 N–H and O–H groups in total. The number of hydrogen-bond donors (Lipinski definition) is 1. The average molecular weight is 361 g/mol. The molecule has 5 nitrogen and oxygen atoms in total. The van der Waals surface area contributed by atoms with E-state index in [1.807, 2.05) is 0 Å². The van der Waals surface area contributed by atoms with Crippen molar-refractivity contribution in [3.05, 3.63) is 48.0 Å². The highest BCUT2D eigenvalue weighted by molar-refractivity contribution is 7.92. The van der Waals surface area contributed by atoms with Crippen molar-refractivity contribution in [1.29, 1.82) is 0 Å². The maximum absolute atomic E-state index is 12.7. The van der Waals surface area contributed by atoms with Gasteiger partial charge < -0.3 is 9.47 Å². The van der Waals surface area contributed by atoms with E-state index in [1.165, 1.54) is 38.5 Å². The lowest BCUT2D eigenvalue weighted by Crippen LogP contribution is -2.14. The average Bonchev–Trinajstić information content (AvgIpc) is 2.53. The molecule has 130 valence electrons. The van der Waals surface area contributed by atoms with Crippen LogP contribution in [0.15, 0.2) is 47.4 Å². The fraction of sp³-hybridized carbons (Fsp3) is 0.200. The molecule has 0 aromatic heterocycles. The van der Waals surface area contributed by atoms with Crippen molar-refractivity contribution >= 4 is 15.7 Å². The van der Waals surface area contributed by atoms with Crippen molar-refractivity contribution in [1.82, 2.24) is 0 Å². The highest BCUT2D eigenvalue weighted by Gasteiger charge is 2.30. The van der Waals surface area contributed by atoms with Crippen LogP contribution in [0, 0.1) is 0 Å². The number of nitrogens with one attached hydrogen (secondary N) is 1. The van der Waals surface area contributed by atoms with E-state index >= 15 is 0 Å². The van der Waals surface area contributed by atoms with Crippen LogP contribution in [-0.4, -0.2) is 22.6 Å². The number of ether oxygens (including phenoxy) is 2. The first-order chi connectivity index (χ1) is 11.2. The summed E-state index contributed by atoms with van der Waals surface area (Å²) in [6, 6.07) is 7.79. The molecule has 0 fully saturated rings. The molecule has 0 saturated carbocycles. The van der Waals surface area contributed by atoms with E-state index in [2.05, 4.69) is 4.72 Å². The zero-order valence-electron chi connectivity index (χ0n) is 12.7. The van der Waals surface area contributed by atoms with Gasteiger partial charge in [0.25, 0.3) is 10.0 Å². The van der Waals surface area contributed by atoms with Gasteiger partial charge >= 0.3 is 6.18 Å². The van der Waals surface area contributed by atoms with Gasteiger partial charge in [-0.05, 0) is 30.3 Å². The van der Waals surface area contributed by atoms with Crippen molar-refractivity contribution in [2.45, 2.75) is 11.1 Å². The van der Waals surface area contributed by atoms with Crippen LogP contribution >= 0.6 is 0 Å². The van der Waals surface area contributed by atoms with E-state index in [0.29, 0.717) is 5.75 Å². The summed E-state index contributed by atoms with van der Waals surface area (Å²) < 4.78 is 74.9. The minimum absolute atomic E-state index is 0.169. The minimum atomic E-state index is -4.56. The maximum Gasteiger partial charge on any atom is 0.416 e. The first-order valence-electron chi connectivity index (χ1n) is 6.59. The van der Waals surface area contributed by atoms with E-state index in [4.69, 9.17) is 9.47 Å². The SMILES string of the molecule is COc1ccc(S(=O)(=O)Nc2cccc(C(F)(F)F)c2)cc1OC. The zero-order chi connectivity index (χ0) is 18.0. The molecule has 0 heterocycles. The predicted molar refractivity (Wildman–Crippen MR) is 81.8 cm³/mol. The standard InChI is InChI=1S/C15H14F3NO4S/c1-22-13-7-6-12(9-14(13)23-2)24(20,21)19-11-5-3-4-10(8-11)15(16,17)18/h3-9,19H,1-2H3. The van der Waals surface area contributed by atoms with Crippen LogP contribution in [0.5, 0.6) is 11.5 Å². The smallest absolute Gasteiger partial charge is 0.416 e. The van der Waals surface area contributed by atoms with Gasteiger partial charge in [-0.1, -0.05) is 6.07 Å². The molecule has 2 aromatic carbocycles. The molecule has 2 aromatic rings. The number of methoxy groups -OCH3 is 2. The highest BCUT2D eigenvalue weighted by Crippen LogP contribution is 2.32. The van der Waals surface area contributed by atoms with Crippen LogP contribution in [0.3, 0.4) is 0 Å². The topological polar surface area (TPSA) is 64.6 Å². The Morgan fingerprint density at radius 2 is 1.62 bits per heavy atom. The van der Waals surface area contributed by atoms with Crippen molar-refractivity contribution < 1.29 is 31.1 Å².